The predicted molar refractivity (Wildman–Crippen MR) is 79.8 cm³/mol. The average Bonchev–Trinajstić information content (AvgIpc) is 2.48. The Kier molecular flexibility index (Phi) is 6.57. The van der Waals surface area contributed by atoms with Crippen LogP contribution < -0.4 is 9.47 Å². The molecule has 0 N–H and O–H groups in total. The summed E-state index contributed by atoms with van der Waals surface area (Å²) in [7, 11) is 1.50. The molecule has 0 amide bonds. The van der Waals surface area contributed by atoms with Crippen LogP contribution in [-0.4, -0.2) is 7.11 Å². The van der Waals surface area contributed by atoms with Crippen molar-refractivity contribution in [3.8, 4) is 11.5 Å². The molecular weight excluding hydrogens is 255 g/mol. The minimum atomic E-state index is -0.400. The number of aryl methyl sites for hydroxylation is 1. The molecule has 0 aliphatic heterocycles. The second-order valence-electron chi connectivity index (χ2n) is 4.05. The van der Waals surface area contributed by atoms with Gasteiger partial charge in [-0.25, -0.2) is 4.39 Å². The number of hydrogen-bond acceptors (Lipinski definition) is 2. The van der Waals surface area contributed by atoms with Crippen LogP contribution in [0.1, 0.15) is 25.0 Å². The van der Waals surface area contributed by atoms with Crippen LogP contribution in [0, 0.1) is 12.7 Å². The van der Waals surface area contributed by atoms with Gasteiger partial charge in [-0.05, 0) is 30.2 Å². The molecule has 0 aliphatic carbocycles. The molecule has 0 radical (unpaired) electrons. The molecule has 0 unspecified atom stereocenters. The lowest BCUT2D eigenvalue weighted by molar-refractivity contribution is 0.269. The van der Waals surface area contributed by atoms with Gasteiger partial charge in [0.1, 0.15) is 6.61 Å². The van der Waals surface area contributed by atoms with Crippen LogP contribution in [0.25, 0.3) is 0 Å². The Balaban J connectivity index is 0.000000956. The fourth-order valence-electron chi connectivity index (χ4n) is 1.72. The highest BCUT2D eigenvalue weighted by molar-refractivity contribution is 5.44. The Morgan fingerprint density at radius 3 is 2.30 bits per heavy atom. The molecule has 0 bridgehead atoms. The van der Waals surface area contributed by atoms with Gasteiger partial charge in [0.2, 0.25) is 0 Å². The summed E-state index contributed by atoms with van der Waals surface area (Å²) in [6.07, 6.45) is 0. The van der Waals surface area contributed by atoms with E-state index in [1.54, 1.807) is 6.07 Å². The van der Waals surface area contributed by atoms with Crippen LogP contribution in [-0.2, 0) is 6.61 Å². The lowest BCUT2D eigenvalue weighted by Crippen LogP contribution is -2.00. The van der Waals surface area contributed by atoms with Gasteiger partial charge in [0.25, 0.3) is 0 Å². The SMILES string of the molecule is CC.COc1cc(C)cc(F)c1OCc1ccccc1. The molecule has 2 aromatic rings. The van der Waals surface area contributed by atoms with Gasteiger partial charge >= 0.3 is 0 Å². The number of benzene rings is 2. The van der Waals surface area contributed by atoms with Gasteiger partial charge < -0.3 is 9.47 Å². The van der Waals surface area contributed by atoms with E-state index in [0.717, 1.165) is 11.1 Å². The van der Waals surface area contributed by atoms with Crippen LogP contribution in [0.3, 0.4) is 0 Å². The summed E-state index contributed by atoms with van der Waals surface area (Å²) < 4.78 is 24.4. The van der Waals surface area contributed by atoms with E-state index in [-0.39, 0.29) is 5.75 Å². The van der Waals surface area contributed by atoms with Crippen LogP contribution in [0.2, 0.25) is 0 Å². The molecule has 0 heterocycles. The maximum Gasteiger partial charge on any atom is 0.197 e. The van der Waals surface area contributed by atoms with Gasteiger partial charge in [0.15, 0.2) is 17.3 Å². The predicted octanol–water partition coefficient (Wildman–Crippen LogP) is 4.75. The van der Waals surface area contributed by atoms with Crippen molar-refractivity contribution in [2.75, 3.05) is 7.11 Å². The van der Waals surface area contributed by atoms with Crippen molar-refractivity contribution < 1.29 is 13.9 Å². The Morgan fingerprint density at radius 2 is 1.70 bits per heavy atom. The number of ether oxygens (including phenoxy) is 2. The zero-order valence-corrected chi connectivity index (χ0v) is 12.4. The maximum atomic E-state index is 13.8. The van der Waals surface area contributed by atoms with E-state index < -0.39 is 5.82 Å². The van der Waals surface area contributed by atoms with E-state index in [9.17, 15) is 4.39 Å². The zero-order valence-electron chi connectivity index (χ0n) is 12.4. The summed E-state index contributed by atoms with van der Waals surface area (Å²) in [6, 6.07) is 12.8. The number of rotatable bonds is 4. The third-order valence-electron chi connectivity index (χ3n) is 2.60. The molecule has 0 aliphatic rings. The molecule has 0 saturated carbocycles. The molecular formula is C17H21FO2. The molecule has 3 heteroatoms. The number of methoxy groups -OCH3 is 1. The third-order valence-corrected chi connectivity index (χ3v) is 2.60. The minimum absolute atomic E-state index is 0.159. The summed E-state index contributed by atoms with van der Waals surface area (Å²) in [5.41, 5.74) is 1.79. The van der Waals surface area contributed by atoms with Crippen molar-refractivity contribution in [3.05, 3.63) is 59.4 Å². The lowest BCUT2D eigenvalue weighted by Gasteiger charge is -2.12. The molecule has 2 aromatic carbocycles. The van der Waals surface area contributed by atoms with E-state index >= 15 is 0 Å². The summed E-state index contributed by atoms with van der Waals surface area (Å²) in [5, 5.41) is 0. The summed E-state index contributed by atoms with van der Waals surface area (Å²) in [4.78, 5) is 0. The molecule has 0 aromatic heterocycles. The summed E-state index contributed by atoms with van der Waals surface area (Å²) in [6.45, 7) is 6.13. The highest BCUT2D eigenvalue weighted by Crippen LogP contribution is 2.32. The standard InChI is InChI=1S/C15H15FO2.C2H6/c1-11-8-13(16)15(14(9-11)17-2)18-10-12-6-4-3-5-7-12;1-2/h3-9H,10H2,1-2H3;1-2H3. The fourth-order valence-corrected chi connectivity index (χ4v) is 1.72. The highest BCUT2D eigenvalue weighted by atomic mass is 19.1. The van der Waals surface area contributed by atoms with Crippen molar-refractivity contribution in [1.29, 1.82) is 0 Å². The summed E-state index contributed by atoms with van der Waals surface area (Å²) in [5.74, 6) is 0.179. The van der Waals surface area contributed by atoms with Gasteiger partial charge in [0, 0.05) is 0 Å². The van der Waals surface area contributed by atoms with Gasteiger partial charge in [-0.1, -0.05) is 44.2 Å². The highest BCUT2D eigenvalue weighted by Gasteiger charge is 2.12. The van der Waals surface area contributed by atoms with Crippen LogP contribution in [0.5, 0.6) is 11.5 Å². The van der Waals surface area contributed by atoms with Crippen molar-refractivity contribution in [2.24, 2.45) is 0 Å². The lowest BCUT2D eigenvalue weighted by atomic mass is 10.2. The Morgan fingerprint density at radius 1 is 1.05 bits per heavy atom. The van der Waals surface area contributed by atoms with Gasteiger partial charge in [-0.3, -0.25) is 0 Å². The molecule has 2 nitrogen and oxygen atoms in total. The van der Waals surface area contributed by atoms with E-state index in [2.05, 4.69) is 0 Å². The van der Waals surface area contributed by atoms with Crippen molar-refractivity contribution in [2.45, 2.75) is 27.4 Å². The molecule has 0 atom stereocenters. The molecule has 0 saturated heterocycles. The van der Waals surface area contributed by atoms with E-state index in [0.29, 0.717) is 12.4 Å². The van der Waals surface area contributed by atoms with Crippen LogP contribution >= 0.6 is 0 Å². The van der Waals surface area contributed by atoms with Crippen molar-refractivity contribution >= 4 is 0 Å². The monoisotopic (exact) mass is 276 g/mol. The van der Waals surface area contributed by atoms with Gasteiger partial charge in [-0.2, -0.15) is 0 Å². The maximum absolute atomic E-state index is 13.8. The van der Waals surface area contributed by atoms with E-state index in [1.165, 1.54) is 13.2 Å². The quantitative estimate of drug-likeness (QED) is 0.802. The molecule has 0 spiro atoms. The summed E-state index contributed by atoms with van der Waals surface area (Å²) >= 11 is 0. The first kappa shape index (κ1) is 16.0. The Hall–Kier alpha value is -2.03. The molecule has 108 valence electrons. The number of halogens is 1. The fraction of sp³-hybridized carbons (Fsp3) is 0.294. The Bertz CT molecular complexity index is 524. The first-order valence-corrected chi connectivity index (χ1v) is 6.71. The average molecular weight is 276 g/mol. The first-order valence-electron chi connectivity index (χ1n) is 6.71. The van der Waals surface area contributed by atoms with Crippen LogP contribution in [0.15, 0.2) is 42.5 Å². The molecule has 2 rings (SSSR count). The largest absolute Gasteiger partial charge is 0.493 e. The third kappa shape index (κ3) is 4.26. The second-order valence-corrected chi connectivity index (χ2v) is 4.05. The Labute approximate surface area is 120 Å². The van der Waals surface area contributed by atoms with Crippen LogP contribution in [0.4, 0.5) is 4.39 Å². The second kappa shape index (κ2) is 8.20. The first-order chi connectivity index (χ1) is 9.70. The van der Waals surface area contributed by atoms with Crippen molar-refractivity contribution in [1.82, 2.24) is 0 Å². The zero-order chi connectivity index (χ0) is 15.0. The molecule has 20 heavy (non-hydrogen) atoms. The minimum Gasteiger partial charge on any atom is -0.493 e. The van der Waals surface area contributed by atoms with E-state index in [1.807, 2.05) is 51.1 Å². The van der Waals surface area contributed by atoms with E-state index in [4.69, 9.17) is 9.47 Å². The smallest absolute Gasteiger partial charge is 0.197 e. The van der Waals surface area contributed by atoms with Gasteiger partial charge in [0.05, 0.1) is 7.11 Å². The number of hydrogen-bond donors (Lipinski definition) is 0. The topological polar surface area (TPSA) is 18.5 Å². The van der Waals surface area contributed by atoms with Gasteiger partial charge in [-0.15, -0.1) is 0 Å². The van der Waals surface area contributed by atoms with Crippen molar-refractivity contribution in [3.63, 3.8) is 0 Å². The normalized spacial score (nSPS) is 9.45. The molecule has 0 fully saturated rings.